The largest absolute Gasteiger partial charge is 0.353 e. The number of aryl methyl sites for hydroxylation is 1. The van der Waals surface area contributed by atoms with Crippen molar-refractivity contribution in [1.29, 1.82) is 0 Å². The predicted molar refractivity (Wildman–Crippen MR) is 128 cm³/mol. The van der Waals surface area contributed by atoms with Crippen LogP contribution in [0.3, 0.4) is 0 Å². The van der Waals surface area contributed by atoms with Gasteiger partial charge in [-0.1, -0.05) is 31.0 Å². The van der Waals surface area contributed by atoms with Gasteiger partial charge in [0.1, 0.15) is 10.4 Å². The van der Waals surface area contributed by atoms with Gasteiger partial charge in [-0.3, -0.25) is 28.8 Å². The highest BCUT2D eigenvalue weighted by molar-refractivity contribution is 8.00. The first kappa shape index (κ1) is 23.6. The molecular weight excluding hydrogens is 460 g/mol. The Morgan fingerprint density at radius 3 is 2.44 bits per heavy atom. The summed E-state index contributed by atoms with van der Waals surface area (Å²) in [5.74, 6) is 0.0944. The molecule has 1 aliphatic rings. The summed E-state index contributed by atoms with van der Waals surface area (Å²) in [7, 11) is 2.87. The van der Waals surface area contributed by atoms with Crippen LogP contribution < -0.4 is 16.6 Å². The lowest BCUT2D eigenvalue weighted by Gasteiger charge is -2.22. The third kappa shape index (κ3) is 4.72. The third-order valence-electron chi connectivity index (χ3n) is 5.91. The minimum absolute atomic E-state index is 0.0499. The smallest absolute Gasteiger partial charge is 0.332 e. The molecule has 1 fully saturated rings. The SMILES string of the molecule is Cn1c(=O)c2c(SCC(=O)NC3CCCCC3)nc(-c3ccc([N+](=O)[O-])cc3)nc2n(C)c1=O. The predicted octanol–water partition coefficient (Wildman–Crippen LogP) is 2.14. The molecule has 34 heavy (non-hydrogen) atoms. The van der Waals surface area contributed by atoms with Crippen LogP contribution in [0.2, 0.25) is 0 Å². The molecule has 0 atom stereocenters. The zero-order valence-corrected chi connectivity index (χ0v) is 19.6. The van der Waals surface area contributed by atoms with Crippen LogP contribution in [-0.4, -0.2) is 41.7 Å². The minimum atomic E-state index is -0.552. The van der Waals surface area contributed by atoms with Gasteiger partial charge in [-0.05, 0) is 25.0 Å². The monoisotopic (exact) mass is 484 g/mol. The molecule has 1 N–H and O–H groups in total. The van der Waals surface area contributed by atoms with E-state index in [1.165, 1.54) is 49.3 Å². The number of hydrogen-bond donors (Lipinski definition) is 1. The van der Waals surface area contributed by atoms with E-state index in [2.05, 4.69) is 15.3 Å². The molecule has 0 radical (unpaired) electrons. The number of thioether (sulfide) groups is 1. The van der Waals surface area contributed by atoms with Crippen molar-refractivity contribution in [2.75, 3.05) is 5.75 Å². The fraction of sp³-hybridized carbons (Fsp3) is 0.409. The Morgan fingerprint density at radius 2 is 1.79 bits per heavy atom. The number of rotatable bonds is 6. The van der Waals surface area contributed by atoms with Crippen LogP contribution in [-0.2, 0) is 18.9 Å². The summed E-state index contributed by atoms with van der Waals surface area (Å²) in [6.07, 6.45) is 5.29. The fourth-order valence-electron chi connectivity index (χ4n) is 4.04. The summed E-state index contributed by atoms with van der Waals surface area (Å²) < 4.78 is 2.23. The van der Waals surface area contributed by atoms with Crippen molar-refractivity contribution in [3.8, 4) is 11.4 Å². The van der Waals surface area contributed by atoms with Crippen molar-refractivity contribution < 1.29 is 9.72 Å². The standard InChI is InChI=1S/C22H24N6O5S/c1-26-19-17(21(30)27(2)22(26)31)20(34-12-16(29)23-14-6-4-3-5-7-14)25-18(24-19)13-8-10-15(11-9-13)28(32)33/h8-11,14H,3-7,12H2,1-2H3,(H,23,29). The molecule has 1 aliphatic carbocycles. The van der Waals surface area contributed by atoms with Gasteiger partial charge >= 0.3 is 5.69 Å². The van der Waals surface area contributed by atoms with Gasteiger partial charge in [0, 0.05) is 37.8 Å². The zero-order valence-electron chi connectivity index (χ0n) is 18.8. The fourth-order valence-corrected chi connectivity index (χ4v) is 4.87. The Morgan fingerprint density at radius 1 is 1.12 bits per heavy atom. The van der Waals surface area contributed by atoms with Crippen LogP contribution in [0.25, 0.3) is 22.4 Å². The molecule has 1 amide bonds. The molecule has 1 aromatic carbocycles. The van der Waals surface area contributed by atoms with Crippen LogP contribution >= 0.6 is 11.8 Å². The maximum absolute atomic E-state index is 12.9. The number of aromatic nitrogens is 4. The van der Waals surface area contributed by atoms with Crippen LogP contribution in [0.5, 0.6) is 0 Å². The zero-order chi connectivity index (χ0) is 24.4. The first-order chi connectivity index (χ1) is 16.3. The number of nitro groups is 1. The molecule has 1 saturated carbocycles. The Bertz CT molecular complexity index is 1380. The van der Waals surface area contributed by atoms with Gasteiger partial charge in [0.15, 0.2) is 11.5 Å². The number of nitrogens with one attached hydrogen (secondary N) is 1. The number of nitrogens with zero attached hydrogens (tertiary/aromatic N) is 5. The molecule has 0 spiro atoms. The summed E-state index contributed by atoms with van der Waals surface area (Å²) in [6.45, 7) is 0. The summed E-state index contributed by atoms with van der Waals surface area (Å²) in [5, 5.41) is 14.4. The maximum Gasteiger partial charge on any atom is 0.332 e. The van der Waals surface area contributed by atoms with E-state index in [9.17, 15) is 24.5 Å². The molecule has 0 saturated heterocycles. The van der Waals surface area contributed by atoms with E-state index in [0.717, 1.165) is 42.0 Å². The van der Waals surface area contributed by atoms with E-state index < -0.39 is 16.2 Å². The molecule has 178 valence electrons. The molecule has 0 unspecified atom stereocenters. The van der Waals surface area contributed by atoms with Crippen molar-refractivity contribution in [2.45, 2.75) is 43.2 Å². The molecule has 4 rings (SSSR count). The highest BCUT2D eigenvalue weighted by Crippen LogP contribution is 2.27. The molecular formula is C22H24N6O5S. The van der Waals surface area contributed by atoms with Gasteiger partial charge in [-0.25, -0.2) is 14.8 Å². The number of non-ortho nitro benzene ring substituents is 1. The van der Waals surface area contributed by atoms with Crippen molar-refractivity contribution >= 4 is 34.4 Å². The van der Waals surface area contributed by atoms with Gasteiger partial charge in [0.05, 0.1) is 10.7 Å². The van der Waals surface area contributed by atoms with Crippen molar-refractivity contribution in [3.05, 3.63) is 55.2 Å². The van der Waals surface area contributed by atoms with Crippen LogP contribution in [0.4, 0.5) is 5.69 Å². The quantitative estimate of drug-likeness (QED) is 0.243. The molecule has 2 aromatic heterocycles. The number of benzene rings is 1. The average molecular weight is 485 g/mol. The topological polar surface area (TPSA) is 142 Å². The second kappa shape index (κ2) is 9.75. The Hall–Kier alpha value is -3.54. The van der Waals surface area contributed by atoms with E-state index in [1.807, 2.05) is 0 Å². The molecule has 3 aromatic rings. The highest BCUT2D eigenvalue weighted by atomic mass is 32.2. The van der Waals surface area contributed by atoms with Crippen LogP contribution in [0, 0.1) is 10.1 Å². The van der Waals surface area contributed by atoms with Crippen molar-refractivity contribution in [2.24, 2.45) is 14.1 Å². The number of carbonyl (C=O) groups excluding carboxylic acids is 1. The highest BCUT2D eigenvalue weighted by Gasteiger charge is 2.21. The normalized spacial score (nSPS) is 14.3. The van der Waals surface area contributed by atoms with Gasteiger partial charge in [-0.15, -0.1) is 0 Å². The lowest BCUT2D eigenvalue weighted by Crippen LogP contribution is -2.38. The van der Waals surface area contributed by atoms with Gasteiger partial charge in [0.25, 0.3) is 11.2 Å². The Labute approximate surface area is 198 Å². The molecule has 0 bridgehead atoms. The second-order valence-electron chi connectivity index (χ2n) is 8.25. The van der Waals surface area contributed by atoms with Crippen LogP contribution in [0.1, 0.15) is 32.1 Å². The van der Waals surface area contributed by atoms with Gasteiger partial charge in [0.2, 0.25) is 5.91 Å². The van der Waals surface area contributed by atoms with Gasteiger partial charge < -0.3 is 5.32 Å². The number of hydrogen-bond acceptors (Lipinski definition) is 8. The Kier molecular flexibility index (Phi) is 6.77. The molecule has 2 heterocycles. The van der Waals surface area contributed by atoms with E-state index >= 15 is 0 Å². The van der Waals surface area contributed by atoms with E-state index in [0.29, 0.717) is 5.56 Å². The first-order valence-electron chi connectivity index (χ1n) is 10.9. The first-order valence-corrected chi connectivity index (χ1v) is 11.9. The Balaban J connectivity index is 1.73. The van der Waals surface area contributed by atoms with Gasteiger partial charge in [-0.2, -0.15) is 0 Å². The summed E-state index contributed by atoms with van der Waals surface area (Å²) >= 11 is 1.10. The molecule has 11 nitrogen and oxygen atoms in total. The molecule has 12 heteroatoms. The van der Waals surface area contributed by atoms with Crippen molar-refractivity contribution in [3.63, 3.8) is 0 Å². The maximum atomic E-state index is 12.9. The van der Waals surface area contributed by atoms with E-state index in [4.69, 9.17) is 0 Å². The number of carbonyl (C=O) groups is 1. The number of fused-ring (bicyclic) bond motifs is 1. The minimum Gasteiger partial charge on any atom is -0.353 e. The lowest BCUT2D eigenvalue weighted by molar-refractivity contribution is -0.384. The molecule has 0 aliphatic heterocycles. The summed E-state index contributed by atoms with van der Waals surface area (Å²) in [5.41, 5.74) is -0.569. The van der Waals surface area contributed by atoms with Crippen LogP contribution in [0.15, 0.2) is 38.9 Å². The van der Waals surface area contributed by atoms with E-state index in [-0.39, 0.29) is 45.3 Å². The van der Waals surface area contributed by atoms with E-state index in [1.54, 1.807) is 0 Å². The second-order valence-corrected chi connectivity index (χ2v) is 9.22. The lowest BCUT2D eigenvalue weighted by atomic mass is 9.95. The summed E-state index contributed by atoms with van der Waals surface area (Å²) in [6, 6.07) is 5.83. The number of amides is 1. The average Bonchev–Trinajstić information content (AvgIpc) is 2.85. The third-order valence-corrected chi connectivity index (χ3v) is 6.89. The number of nitro benzene ring substituents is 1. The summed E-state index contributed by atoms with van der Waals surface area (Å²) in [4.78, 5) is 57.4. The van der Waals surface area contributed by atoms with Crippen molar-refractivity contribution in [1.82, 2.24) is 24.4 Å².